The summed E-state index contributed by atoms with van der Waals surface area (Å²) < 4.78 is 2.28. The number of benzene rings is 3. The molecule has 0 saturated carbocycles. The van der Waals surface area contributed by atoms with Crippen LogP contribution in [-0.4, -0.2) is 14.4 Å². The van der Waals surface area contributed by atoms with Gasteiger partial charge in [-0.2, -0.15) is 0 Å². The van der Waals surface area contributed by atoms with Crippen LogP contribution in [0.15, 0.2) is 103 Å². The zero-order chi connectivity index (χ0) is 23.1. The molecule has 0 spiro atoms. The second-order valence-corrected chi connectivity index (χ2v) is 8.50. The summed E-state index contributed by atoms with van der Waals surface area (Å²) in [4.78, 5) is 10.0. The van der Waals surface area contributed by atoms with Gasteiger partial charge in [0.25, 0.3) is 0 Å². The van der Waals surface area contributed by atoms with Crippen molar-refractivity contribution < 1.29 is 0 Å². The third-order valence-corrected chi connectivity index (χ3v) is 6.44. The first-order valence-electron chi connectivity index (χ1n) is 11.8. The Kier molecular flexibility index (Phi) is 4.96. The van der Waals surface area contributed by atoms with Gasteiger partial charge >= 0.3 is 0 Å². The van der Waals surface area contributed by atoms with Crippen molar-refractivity contribution in [3.63, 3.8) is 0 Å². The Hall–Kier alpha value is -4.24. The fraction of sp³-hybridized carbons (Fsp3) is 0.0968. The molecule has 0 bridgehead atoms. The van der Waals surface area contributed by atoms with Gasteiger partial charge < -0.3 is 0 Å². The zero-order valence-electron chi connectivity index (χ0n) is 19.4. The highest BCUT2D eigenvalue weighted by atomic mass is 15.0. The largest absolute Gasteiger partial charge is 0.292 e. The van der Waals surface area contributed by atoms with Crippen LogP contribution in [0, 0.1) is 0 Å². The molecule has 3 heterocycles. The normalized spacial score (nSPS) is 12.6. The summed E-state index contributed by atoms with van der Waals surface area (Å²) in [5.41, 5.74) is 8.51. The summed E-state index contributed by atoms with van der Waals surface area (Å²) in [5, 5.41) is 3.56. The molecule has 0 N–H and O–H groups in total. The average Bonchev–Trinajstić information content (AvgIpc) is 3.29. The summed E-state index contributed by atoms with van der Waals surface area (Å²) in [6.07, 6.45) is 7.45. The number of nitrogens with zero attached hydrogens (tertiary/aromatic N) is 3. The Morgan fingerprint density at radius 2 is 1.62 bits per heavy atom. The fourth-order valence-electron chi connectivity index (χ4n) is 4.80. The topological polar surface area (TPSA) is 30.2 Å². The van der Waals surface area contributed by atoms with Gasteiger partial charge in [-0.25, -0.2) is 9.97 Å². The standard InChI is InChI=1S/C31H25N3/c1-3-5-11-21(4-2)26-14-10-15-27(32-26)22-18-19-24-25(20-22)23-12-6-8-16-29(23)34-30-17-9-7-13-28(30)33-31(24)34/h4-20H,3H2,1-2H3/b11-5-,21-4+. The molecule has 3 nitrogen and oxygen atoms in total. The van der Waals surface area contributed by atoms with Gasteiger partial charge in [0.05, 0.1) is 27.9 Å². The molecule has 0 amide bonds. The van der Waals surface area contributed by atoms with E-state index < -0.39 is 0 Å². The molecule has 0 saturated heterocycles. The number of para-hydroxylation sites is 3. The fourth-order valence-corrected chi connectivity index (χ4v) is 4.80. The Labute approximate surface area is 198 Å². The van der Waals surface area contributed by atoms with E-state index in [4.69, 9.17) is 9.97 Å². The lowest BCUT2D eigenvalue weighted by atomic mass is 10.0. The number of fused-ring (bicyclic) bond motifs is 8. The van der Waals surface area contributed by atoms with Gasteiger partial charge in [-0.1, -0.05) is 67.6 Å². The lowest BCUT2D eigenvalue weighted by Crippen LogP contribution is -1.93. The van der Waals surface area contributed by atoms with Gasteiger partial charge in [-0.3, -0.25) is 4.40 Å². The second-order valence-electron chi connectivity index (χ2n) is 8.50. The molecule has 0 radical (unpaired) electrons. The molecule has 3 aromatic heterocycles. The molecular weight excluding hydrogens is 414 g/mol. The summed E-state index contributed by atoms with van der Waals surface area (Å²) in [7, 11) is 0. The van der Waals surface area contributed by atoms with Crippen molar-refractivity contribution >= 4 is 43.9 Å². The van der Waals surface area contributed by atoms with E-state index in [0.717, 1.165) is 51.0 Å². The molecule has 0 unspecified atom stereocenters. The summed E-state index contributed by atoms with van der Waals surface area (Å²) in [5.74, 6) is 0. The Bertz CT molecular complexity index is 1750. The zero-order valence-corrected chi connectivity index (χ0v) is 19.4. The number of hydrogen-bond donors (Lipinski definition) is 0. The highest BCUT2D eigenvalue weighted by molar-refractivity contribution is 6.14. The molecule has 3 heteroatoms. The molecule has 3 aromatic carbocycles. The molecule has 0 aliphatic rings. The van der Waals surface area contributed by atoms with Crippen LogP contribution < -0.4 is 0 Å². The first-order chi connectivity index (χ1) is 16.8. The lowest BCUT2D eigenvalue weighted by Gasteiger charge is -2.11. The van der Waals surface area contributed by atoms with E-state index in [1.165, 1.54) is 16.3 Å². The smallest absolute Gasteiger partial charge is 0.146 e. The Morgan fingerprint density at radius 1 is 0.794 bits per heavy atom. The van der Waals surface area contributed by atoms with Crippen molar-refractivity contribution in [2.75, 3.05) is 0 Å². The highest BCUT2D eigenvalue weighted by Gasteiger charge is 2.14. The maximum atomic E-state index is 5.01. The predicted octanol–water partition coefficient (Wildman–Crippen LogP) is 8.23. The third-order valence-electron chi connectivity index (χ3n) is 6.44. The van der Waals surface area contributed by atoms with Crippen LogP contribution in [0.1, 0.15) is 26.0 Å². The number of rotatable bonds is 4. The maximum Gasteiger partial charge on any atom is 0.146 e. The molecule has 0 aliphatic carbocycles. The molecule has 0 fully saturated rings. The van der Waals surface area contributed by atoms with Gasteiger partial charge in [0.1, 0.15) is 5.65 Å². The van der Waals surface area contributed by atoms with Crippen LogP contribution in [0.4, 0.5) is 0 Å². The Morgan fingerprint density at radius 3 is 2.47 bits per heavy atom. The summed E-state index contributed by atoms with van der Waals surface area (Å²) >= 11 is 0. The van der Waals surface area contributed by atoms with E-state index in [2.05, 4.69) is 115 Å². The van der Waals surface area contributed by atoms with Crippen molar-refractivity contribution in [2.45, 2.75) is 20.3 Å². The minimum atomic E-state index is 0.973. The summed E-state index contributed by atoms with van der Waals surface area (Å²) in [6.45, 7) is 4.21. The molecule has 0 aliphatic heterocycles. The van der Waals surface area contributed by atoms with Gasteiger partial charge in [-0.05, 0) is 66.8 Å². The highest BCUT2D eigenvalue weighted by Crippen LogP contribution is 2.34. The first-order valence-corrected chi connectivity index (χ1v) is 11.8. The van der Waals surface area contributed by atoms with Gasteiger partial charge in [0.2, 0.25) is 0 Å². The molecule has 164 valence electrons. The SMILES string of the molecule is C/C=C(\C=C/CC)c1cccc(-c2ccc3c(c2)c2ccccc2n2c4ccccc4nc32)n1. The van der Waals surface area contributed by atoms with Crippen molar-refractivity contribution in [3.05, 3.63) is 109 Å². The van der Waals surface area contributed by atoms with Crippen molar-refractivity contribution in [2.24, 2.45) is 0 Å². The van der Waals surface area contributed by atoms with E-state index >= 15 is 0 Å². The van der Waals surface area contributed by atoms with Crippen LogP contribution in [-0.2, 0) is 0 Å². The number of aromatic nitrogens is 3. The van der Waals surface area contributed by atoms with E-state index in [1.807, 2.05) is 6.07 Å². The second kappa shape index (κ2) is 8.27. The monoisotopic (exact) mass is 439 g/mol. The number of pyridine rings is 2. The quantitative estimate of drug-likeness (QED) is 0.205. The third kappa shape index (κ3) is 3.20. The average molecular weight is 440 g/mol. The van der Waals surface area contributed by atoms with Crippen molar-refractivity contribution in [3.8, 4) is 11.3 Å². The summed E-state index contributed by atoms with van der Waals surface area (Å²) in [6, 6.07) is 29.8. The first kappa shape index (κ1) is 20.4. The molecule has 34 heavy (non-hydrogen) atoms. The van der Waals surface area contributed by atoms with Crippen LogP contribution in [0.25, 0.3) is 55.2 Å². The molecule has 0 atom stereocenters. The van der Waals surface area contributed by atoms with Crippen LogP contribution in [0.3, 0.4) is 0 Å². The number of hydrogen-bond acceptors (Lipinski definition) is 2. The number of allylic oxidation sites excluding steroid dienone is 4. The lowest BCUT2D eigenvalue weighted by molar-refractivity contribution is 1.22. The van der Waals surface area contributed by atoms with E-state index in [9.17, 15) is 0 Å². The minimum absolute atomic E-state index is 0.973. The number of imidazole rings is 1. The van der Waals surface area contributed by atoms with Gasteiger partial charge in [-0.15, -0.1) is 0 Å². The van der Waals surface area contributed by atoms with Crippen LogP contribution in [0.5, 0.6) is 0 Å². The van der Waals surface area contributed by atoms with Gasteiger partial charge in [0, 0.05) is 16.3 Å². The molecule has 6 aromatic rings. The maximum absolute atomic E-state index is 5.01. The van der Waals surface area contributed by atoms with Crippen molar-refractivity contribution in [1.29, 1.82) is 0 Å². The van der Waals surface area contributed by atoms with Crippen LogP contribution in [0.2, 0.25) is 0 Å². The van der Waals surface area contributed by atoms with Crippen molar-refractivity contribution in [1.82, 2.24) is 14.4 Å². The van der Waals surface area contributed by atoms with Crippen LogP contribution >= 0.6 is 0 Å². The predicted molar refractivity (Wildman–Crippen MR) is 144 cm³/mol. The minimum Gasteiger partial charge on any atom is -0.292 e. The Balaban J connectivity index is 1.61. The van der Waals surface area contributed by atoms with E-state index in [0.29, 0.717) is 0 Å². The van der Waals surface area contributed by atoms with Gasteiger partial charge in [0.15, 0.2) is 0 Å². The molecule has 6 rings (SSSR count). The molecular formula is C31H25N3. The van der Waals surface area contributed by atoms with E-state index in [1.54, 1.807) is 0 Å². The van der Waals surface area contributed by atoms with E-state index in [-0.39, 0.29) is 0 Å².